The smallest absolute Gasteiger partial charge is 0.0468 e. The third-order valence-electron chi connectivity index (χ3n) is 5.07. The number of rotatable bonds is 5. The average molecular weight is 237 g/mol. The molecule has 1 saturated heterocycles. The van der Waals surface area contributed by atoms with Crippen molar-refractivity contribution in [3.8, 4) is 0 Å². The van der Waals surface area contributed by atoms with Gasteiger partial charge in [0.05, 0.1) is 0 Å². The van der Waals surface area contributed by atoms with Crippen LogP contribution in [0.1, 0.15) is 57.8 Å². The fourth-order valence-corrected chi connectivity index (χ4v) is 3.79. The lowest BCUT2D eigenvalue weighted by Gasteiger charge is -2.35. The lowest BCUT2D eigenvalue weighted by molar-refractivity contribution is 0.0469. The summed E-state index contributed by atoms with van der Waals surface area (Å²) in [5, 5.41) is 3.80. The van der Waals surface area contributed by atoms with Gasteiger partial charge < -0.3 is 10.1 Å². The monoisotopic (exact) mass is 237 g/mol. The maximum Gasteiger partial charge on any atom is 0.0468 e. The van der Waals surface area contributed by atoms with Gasteiger partial charge in [0.25, 0.3) is 0 Å². The van der Waals surface area contributed by atoms with Crippen LogP contribution in [0.4, 0.5) is 0 Å². The van der Waals surface area contributed by atoms with E-state index in [2.05, 4.69) is 5.32 Å². The summed E-state index contributed by atoms with van der Waals surface area (Å²) in [5.74, 6) is 0.947. The summed E-state index contributed by atoms with van der Waals surface area (Å²) < 4.78 is 5.49. The highest BCUT2D eigenvalue weighted by Gasteiger charge is 2.37. The molecule has 2 aliphatic carbocycles. The minimum absolute atomic E-state index is 0.657. The lowest BCUT2D eigenvalue weighted by Crippen LogP contribution is -2.36. The molecule has 0 spiro atoms. The van der Waals surface area contributed by atoms with Crippen molar-refractivity contribution in [3.05, 3.63) is 0 Å². The summed E-state index contributed by atoms with van der Waals surface area (Å²) in [4.78, 5) is 0. The Kier molecular flexibility index (Phi) is 3.72. The van der Waals surface area contributed by atoms with Gasteiger partial charge in [-0.3, -0.25) is 0 Å². The lowest BCUT2D eigenvalue weighted by atomic mass is 9.75. The van der Waals surface area contributed by atoms with Crippen molar-refractivity contribution in [3.63, 3.8) is 0 Å². The van der Waals surface area contributed by atoms with E-state index in [0.29, 0.717) is 5.41 Å². The summed E-state index contributed by atoms with van der Waals surface area (Å²) in [6, 6.07) is 0.877. The molecule has 98 valence electrons. The minimum Gasteiger partial charge on any atom is -0.381 e. The molecule has 0 atom stereocenters. The van der Waals surface area contributed by atoms with Crippen molar-refractivity contribution >= 4 is 0 Å². The first-order valence-electron chi connectivity index (χ1n) is 7.68. The van der Waals surface area contributed by atoms with Gasteiger partial charge in [0, 0.05) is 25.8 Å². The first-order valence-corrected chi connectivity index (χ1v) is 7.68. The first kappa shape index (κ1) is 12.0. The second-order valence-electron chi connectivity index (χ2n) is 6.62. The molecule has 0 aromatic carbocycles. The Labute approximate surface area is 105 Å². The van der Waals surface area contributed by atoms with Crippen LogP contribution in [0, 0.1) is 11.3 Å². The van der Waals surface area contributed by atoms with Crippen LogP contribution in [0.5, 0.6) is 0 Å². The SMILES string of the molecule is C1CCC(CNC2CC2)(CC2CCOCC2)C1. The summed E-state index contributed by atoms with van der Waals surface area (Å²) in [6.07, 6.45) is 12.8. The molecule has 0 aromatic heterocycles. The standard InChI is InChI=1S/C15H27NO/c1-2-8-15(7-1,12-16-14-3-4-14)11-13-5-9-17-10-6-13/h13-14,16H,1-12H2. The highest BCUT2D eigenvalue weighted by atomic mass is 16.5. The molecule has 0 radical (unpaired) electrons. The number of nitrogens with one attached hydrogen (secondary N) is 1. The van der Waals surface area contributed by atoms with Gasteiger partial charge in [0.1, 0.15) is 0 Å². The van der Waals surface area contributed by atoms with Crippen molar-refractivity contribution in [2.75, 3.05) is 19.8 Å². The van der Waals surface area contributed by atoms with Crippen molar-refractivity contribution in [1.29, 1.82) is 0 Å². The predicted octanol–water partition coefficient (Wildman–Crippen LogP) is 3.12. The van der Waals surface area contributed by atoms with E-state index in [4.69, 9.17) is 4.74 Å². The van der Waals surface area contributed by atoms with Crippen LogP contribution in [-0.4, -0.2) is 25.8 Å². The van der Waals surface area contributed by atoms with Gasteiger partial charge in [-0.1, -0.05) is 12.8 Å². The van der Waals surface area contributed by atoms with Crippen molar-refractivity contribution in [1.82, 2.24) is 5.32 Å². The van der Waals surface area contributed by atoms with Crippen LogP contribution in [0.2, 0.25) is 0 Å². The summed E-state index contributed by atoms with van der Waals surface area (Å²) >= 11 is 0. The number of hydrogen-bond donors (Lipinski definition) is 1. The van der Waals surface area contributed by atoms with Gasteiger partial charge in [-0.15, -0.1) is 0 Å². The molecule has 2 nitrogen and oxygen atoms in total. The third-order valence-corrected chi connectivity index (χ3v) is 5.07. The summed E-state index contributed by atoms with van der Waals surface area (Å²) in [6.45, 7) is 3.32. The Morgan fingerprint density at radius 1 is 1.00 bits per heavy atom. The third kappa shape index (κ3) is 3.23. The Bertz CT molecular complexity index is 237. The van der Waals surface area contributed by atoms with Crippen LogP contribution in [0.25, 0.3) is 0 Å². The number of hydrogen-bond acceptors (Lipinski definition) is 2. The summed E-state index contributed by atoms with van der Waals surface area (Å²) in [7, 11) is 0. The quantitative estimate of drug-likeness (QED) is 0.793. The maximum atomic E-state index is 5.49. The number of ether oxygens (including phenoxy) is 1. The topological polar surface area (TPSA) is 21.3 Å². The van der Waals surface area contributed by atoms with Crippen LogP contribution < -0.4 is 5.32 Å². The van der Waals surface area contributed by atoms with Crippen LogP contribution in [0.15, 0.2) is 0 Å². The predicted molar refractivity (Wildman–Crippen MR) is 70.1 cm³/mol. The van der Waals surface area contributed by atoms with Crippen LogP contribution in [0.3, 0.4) is 0 Å². The molecule has 3 rings (SSSR count). The molecule has 1 aliphatic heterocycles. The molecule has 0 amide bonds. The van der Waals surface area contributed by atoms with E-state index in [1.54, 1.807) is 0 Å². The van der Waals surface area contributed by atoms with E-state index in [9.17, 15) is 0 Å². The van der Waals surface area contributed by atoms with E-state index < -0.39 is 0 Å². The molecule has 1 N–H and O–H groups in total. The Morgan fingerprint density at radius 2 is 1.71 bits per heavy atom. The fourth-order valence-electron chi connectivity index (χ4n) is 3.79. The Balaban J connectivity index is 1.53. The highest BCUT2D eigenvalue weighted by molar-refractivity contribution is 4.92. The maximum absolute atomic E-state index is 5.49. The highest BCUT2D eigenvalue weighted by Crippen LogP contribution is 2.44. The van der Waals surface area contributed by atoms with E-state index in [1.807, 2.05) is 0 Å². The summed E-state index contributed by atoms with van der Waals surface area (Å²) in [5.41, 5.74) is 0.657. The molecular formula is C15H27NO. The molecular weight excluding hydrogens is 210 g/mol. The molecule has 0 unspecified atom stereocenters. The van der Waals surface area contributed by atoms with Gasteiger partial charge in [0.15, 0.2) is 0 Å². The molecule has 17 heavy (non-hydrogen) atoms. The Morgan fingerprint density at radius 3 is 2.35 bits per heavy atom. The Hall–Kier alpha value is -0.0800. The second-order valence-corrected chi connectivity index (χ2v) is 6.62. The van der Waals surface area contributed by atoms with Crippen molar-refractivity contribution in [2.45, 2.75) is 63.8 Å². The molecule has 3 aliphatic rings. The normalized spacial score (nSPS) is 29.6. The van der Waals surface area contributed by atoms with Gasteiger partial charge in [-0.25, -0.2) is 0 Å². The van der Waals surface area contributed by atoms with Gasteiger partial charge >= 0.3 is 0 Å². The minimum atomic E-state index is 0.657. The van der Waals surface area contributed by atoms with Crippen molar-refractivity contribution in [2.24, 2.45) is 11.3 Å². The zero-order valence-corrected chi connectivity index (χ0v) is 11.0. The van der Waals surface area contributed by atoms with Gasteiger partial charge in [-0.05, 0) is 56.3 Å². The molecule has 1 heterocycles. The van der Waals surface area contributed by atoms with E-state index in [-0.39, 0.29) is 0 Å². The molecule has 2 saturated carbocycles. The molecule has 0 bridgehead atoms. The van der Waals surface area contributed by atoms with Crippen LogP contribution >= 0.6 is 0 Å². The van der Waals surface area contributed by atoms with E-state index in [1.165, 1.54) is 64.3 Å². The second kappa shape index (κ2) is 5.27. The molecule has 2 heteroatoms. The van der Waals surface area contributed by atoms with Gasteiger partial charge in [0.2, 0.25) is 0 Å². The first-order chi connectivity index (χ1) is 8.36. The van der Waals surface area contributed by atoms with Crippen LogP contribution in [-0.2, 0) is 4.74 Å². The van der Waals surface area contributed by atoms with E-state index in [0.717, 1.165) is 25.2 Å². The molecule has 0 aromatic rings. The fraction of sp³-hybridized carbons (Fsp3) is 1.00. The molecule has 3 fully saturated rings. The zero-order valence-electron chi connectivity index (χ0n) is 11.0. The van der Waals surface area contributed by atoms with Crippen molar-refractivity contribution < 1.29 is 4.74 Å². The average Bonchev–Trinajstić information content (AvgIpc) is 3.09. The van der Waals surface area contributed by atoms with E-state index >= 15 is 0 Å². The van der Waals surface area contributed by atoms with Gasteiger partial charge in [-0.2, -0.15) is 0 Å². The largest absolute Gasteiger partial charge is 0.381 e. The zero-order chi connectivity index (χ0) is 11.6.